The van der Waals surface area contributed by atoms with E-state index < -0.39 is 23.8 Å². The summed E-state index contributed by atoms with van der Waals surface area (Å²) in [4.78, 5) is 14.9. The van der Waals surface area contributed by atoms with E-state index >= 15 is 0 Å². The number of carbonyl (C=O) groups is 1. The summed E-state index contributed by atoms with van der Waals surface area (Å²) in [7, 11) is 0. The first-order valence-electron chi connectivity index (χ1n) is 11.1. The van der Waals surface area contributed by atoms with E-state index in [-0.39, 0.29) is 11.7 Å². The van der Waals surface area contributed by atoms with Crippen LogP contribution < -0.4 is 9.64 Å². The third-order valence-electron chi connectivity index (χ3n) is 6.94. The van der Waals surface area contributed by atoms with E-state index in [0.29, 0.717) is 51.1 Å². The highest BCUT2D eigenvalue weighted by Gasteiger charge is 2.51. The highest BCUT2D eigenvalue weighted by Crippen LogP contribution is 2.48. The molecule has 0 aromatic heterocycles. The number of alkyl halides is 3. The average Bonchev–Trinajstić information content (AvgIpc) is 3.51. The second kappa shape index (κ2) is 8.62. The zero-order chi connectivity index (χ0) is 22.1. The minimum Gasteiger partial charge on any atom is -0.484 e. The largest absolute Gasteiger partial charge is 0.484 e. The molecule has 1 N–H and O–H groups in total. The zero-order valence-corrected chi connectivity index (χ0v) is 17.6. The van der Waals surface area contributed by atoms with Crippen molar-refractivity contribution in [3.63, 3.8) is 0 Å². The summed E-state index contributed by atoms with van der Waals surface area (Å²) in [5.74, 6) is 0.955. The molecule has 172 valence electrons. The number of hydrogen-bond acceptors (Lipinski definition) is 4. The summed E-state index contributed by atoms with van der Waals surface area (Å²) in [5, 5.41) is 10.9. The maximum absolute atomic E-state index is 13.2. The van der Waals surface area contributed by atoms with Crippen molar-refractivity contribution in [3.05, 3.63) is 24.3 Å². The number of halogens is 3. The molecule has 3 fully saturated rings. The topological polar surface area (TPSA) is 59.0 Å². The lowest BCUT2D eigenvalue weighted by molar-refractivity contribution is -0.153. The molecule has 0 radical (unpaired) electrons. The second-order valence-corrected chi connectivity index (χ2v) is 9.39. The number of benzene rings is 1. The van der Waals surface area contributed by atoms with E-state index in [1.54, 1.807) is 17.0 Å². The van der Waals surface area contributed by atoms with Gasteiger partial charge in [-0.3, -0.25) is 4.79 Å². The van der Waals surface area contributed by atoms with E-state index in [1.807, 2.05) is 0 Å². The molecular formula is C23H30F3NO4. The number of hydrogen-bond donors (Lipinski definition) is 1. The molecule has 0 unspecified atom stereocenters. The first-order chi connectivity index (χ1) is 14.7. The van der Waals surface area contributed by atoms with E-state index in [2.05, 4.69) is 0 Å². The zero-order valence-electron chi connectivity index (χ0n) is 17.6. The Kier molecular flexibility index (Phi) is 6.23. The summed E-state index contributed by atoms with van der Waals surface area (Å²) in [6.07, 6.45) is 2.30. The van der Waals surface area contributed by atoms with E-state index in [0.717, 1.165) is 18.8 Å². The van der Waals surface area contributed by atoms with Crippen LogP contribution in [0.1, 0.15) is 51.4 Å². The summed E-state index contributed by atoms with van der Waals surface area (Å²) in [5.41, 5.74) is -0.670. The van der Waals surface area contributed by atoms with Crippen LogP contribution in [-0.4, -0.2) is 49.2 Å². The standard InChI is InChI=1S/C23H30F3NO4/c24-23(25,26)16-31-19-5-3-18(4-6-19)27-13-12-21(20(27)28)8-10-22(29,11-9-21)15-30-14-7-17-1-2-17/h3-6,17,29H,1-2,7-16H2/t21-,22-. The molecule has 4 rings (SSSR count). The monoisotopic (exact) mass is 441 g/mol. The van der Waals surface area contributed by atoms with Crippen molar-refractivity contribution in [2.24, 2.45) is 11.3 Å². The van der Waals surface area contributed by atoms with Crippen molar-refractivity contribution in [1.29, 1.82) is 0 Å². The number of rotatable bonds is 8. The molecule has 31 heavy (non-hydrogen) atoms. The van der Waals surface area contributed by atoms with Crippen molar-refractivity contribution < 1.29 is 32.5 Å². The first kappa shape index (κ1) is 22.4. The Hall–Kier alpha value is -1.80. The van der Waals surface area contributed by atoms with Gasteiger partial charge in [-0.05, 0) is 68.7 Å². The number of aliphatic hydroxyl groups is 1. The molecule has 3 aliphatic rings. The van der Waals surface area contributed by atoms with Gasteiger partial charge in [0.05, 0.1) is 17.6 Å². The molecule has 1 heterocycles. The normalized spacial score (nSPS) is 29.0. The van der Waals surface area contributed by atoms with Gasteiger partial charge in [0.25, 0.3) is 0 Å². The first-order valence-corrected chi connectivity index (χ1v) is 11.1. The fourth-order valence-electron chi connectivity index (χ4n) is 4.68. The molecule has 1 aromatic carbocycles. The molecule has 1 aromatic rings. The smallest absolute Gasteiger partial charge is 0.422 e. The minimum atomic E-state index is -4.39. The minimum absolute atomic E-state index is 0.0353. The lowest BCUT2D eigenvalue weighted by atomic mass is 9.68. The van der Waals surface area contributed by atoms with Crippen LogP contribution in [0.2, 0.25) is 0 Å². The van der Waals surface area contributed by atoms with Crippen LogP contribution in [0, 0.1) is 11.3 Å². The van der Waals surface area contributed by atoms with Crippen LogP contribution in [0.15, 0.2) is 24.3 Å². The molecule has 8 heteroatoms. The van der Waals surface area contributed by atoms with Crippen molar-refractivity contribution in [2.45, 2.75) is 63.1 Å². The van der Waals surface area contributed by atoms with E-state index in [9.17, 15) is 23.1 Å². The molecule has 0 atom stereocenters. The van der Waals surface area contributed by atoms with Gasteiger partial charge < -0.3 is 19.5 Å². The maximum Gasteiger partial charge on any atom is 0.422 e. The van der Waals surface area contributed by atoms with E-state index in [1.165, 1.54) is 25.0 Å². The molecule has 2 aliphatic carbocycles. The number of nitrogens with zero attached hydrogens (tertiary/aromatic N) is 1. The van der Waals surface area contributed by atoms with Crippen LogP contribution in [-0.2, 0) is 9.53 Å². The predicted octanol–water partition coefficient (Wildman–Crippen LogP) is 4.47. The maximum atomic E-state index is 13.2. The number of carbonyl (C=O) groups excluding carboxylic acids is 1. The van der Waals surface area contributed by atoms with Gasteiger partial charge >= 0.3 is 6.18 Å². The number of amides is 1. The van der Waals surface area contributed by atoms with Gasteiger partial charge in [-0.25, -0.2) is 0 Å². The van der Waals surface area contributed by atoms with Crippen LogP contribution >= 0.6 is 0 Å². The molecule has 1 amide bonds. The van der Waals surface area contributed by atoms with Crippen molar-refractivity contribution in [3.8, 4) is 5.75 Å². The van der Waals surface area contributed by atoms with Gasteiger partial charge in [0, 0.05) is 18.8 Å². The van der Waals surface area contributed by atoms with Gasteiger partial charge in [0.15, 0.2) is 6.61 Å². The molecule has 1 aliphatic heterocycles. The predicted molar refractivity (Wildman–Crippen MR) is 109 cm³/mol. The fraction of sp³-hybridized carbons (Fsp3) is 0.696. The highest BCUT2D eigenvalue weighted by molar-refractivity contribution is 6.00. The Balaban J connectivity index is 1.29. The molecular weight excluding hydrogens is 411 g/mol. The van der Waals surface area contributed by atoms with Crippen molar-refractivity contribution >= 4 is 11.6 Å². The lowest BCUT2D eigenvalue weighted by Crippen LogP contribution is -2.45. The summed E-state index contributed by atoms with van der Waals surface area (Å²) >= 11 is 0. The van der Waals surface area contributed by atoms with Gasteiger partial charge in [-0.1, -0.05) is 12.8 Å². The Bertz CT molecular complexity index is 768. The quantitative estimate of drug-likeness (QED) is 0.605. The Labute approximate surface area is 180 Å². The van der Waals surface area contributed by atoms with Crippen LogP contribution in [0.5, 0.6) is 5.75 Å². The van der Waals surface area contributed by atoms with Crippen molar-refractivity contribution in [2.75, 3.05) is 31.3 Å². The summed E-state index contributed by atoms with van der Waals surface area (Å²) < 4.78 is 47.3. The second-order valence-electron chi connectivity index (χ2n) is 9.39. The van der Waals surface area contributed by atoms with Gasteiger partial charge in [0.2, 0.25) is 5.91 Å². The summed E-state index contributed by atoms with van der Waals surface area (Å²) in [6.45, 7) is 0.240. The number of ether oxygens (including phenoxy) is 2. The Morgan fingerprint density at radius 2 is 1.74 bits per heavy atom. The Morgan fingerprint density at radius 3 is 2.35 bits per heavy atom. The van der Waals surface area contributed by atoms with Crippen LogP contribution in [0.25, 0.3) is 0 Å². The van der Waals surface area contributed by atoms with E-state index in [4.69, 9.17) is 9.47 Å². The van der Waals surface area contributed by atoms with Gasteiger partial charge in [0.1, 0.15) is 5.75 Å². The third kappa shape index (κ3) is 5.52. The molecule has 1 spiro atoms. The summed E-state index contributed by atoms with van der Waals surface area (Å²) in [6, 6.07) is 6.15. The SMILES string of the molecule is O=C1N(c2ccc(OCC(F)(F)F)cc2)CC[C@]12CC[C@](O)(COCCC1CC1)CC2. The third-order valence-corrected chi connectivity index (χ3v) is 6.94. The number of anilines is 1. The molecule has 0 bridgehead atoms. The molecule has 1 saturated heterocycles. The Morgan fingerprint density at radius 1 is 1.06 bits per heavy atom. The van der Waals surface area contributed by atoms with Crippen LogP contribution in [0.4, 0.5) is 18.9 Å². The van der Waals surface area contributed by atoms with Gasteiger partial charge in [-0.15, -0.1) is 0 Å². The molecule has 2 saturated carbocycles. The molecule has 5 nitrogen and oxygen atoms in total. The fourth-order valence-corrected chi connectivity index (χ4v) is 4.68. The van der Waals surface area contributed by atoms with Crippen molar-refractivity contribution in [1.82, 2.24) is 0 Å². The van der Waals surface area contributed by atoms with Gasteiger partial charge in [-0.2, -0.15) is 13.2 Å². The lowest BCUT2D eigenvalue weighted by Gasteiger charge is -2.40. The average molecular weight is 441 g/mol. The van der Waals surface area contributed by atoms with Crippen LogP contribution in [0.3, 0.4) is 0 Å². The highest BCUT2D eigenvalue weighted by atomic mass is 19.4.